The summed E-state index contributed by atoms with van der Waals surface area (Å²) in [5.41, 5.74) is 1.22. The van der Waals surface area contributed by atoms with Gasteiger partial charge in [-0.2, -0.15) is 0 Å². The van der Waals surface area contributed by atoms with E-state index in [9.17, 15) is 0 Å². The average Bonchev–Trinajstić information content (AvgIpc) is 2.98. The molecule has 2 aromatic heterocycles. The molecule has 0 saturated heterocycles. The second kappa shape index (κ2) is 6.86. The molecule has 0 aliphatic rings. The van der Waals surface area contributed by atoms with Crippen LogP contribution in [-0.4, -0.2) is 18.1 Å². The first-order valence-electron chi connectivity index (χ1n) is 7.02. The Bertz CT molecular complexity index is 505. The van der Waals surface area contributed by atoms with Crippen molar-refractivity contribution in [2.45, 2.75) is 39.4 Å². The maximum absolute atomic E-state index is 4.58. The molecule has 20 heavy (non-hydrogen) atoms. The zero-order valence-corrected chi connectivity index (χ0v) is 13.4. The second-order valence-corrected chi connectivity index (χ2v) is 6.34. The van der Waals surface area contributed by atoms with Crippen LogP contribution in [-0.2, 0) is 6.54 Å². The van der Waals surface area contributed by atoms with Crippen molar-refractivity contribution >= 4 is 17.2 Å². The molecule has 0 aromatic carbocycles. The van der Waals surface area contributed by atoms with Crippen molar-refractivity contribution in [1.29, 1.82) is 0 Å². The minimum Gasteiger partial charge on any atom is -0.352 e. The molecule has 2 heterocycles. The molecule has 0 fully saturated rings. The van der Waals surface area contributed by atoms with Gasteiger partial charge >= 0.3 is 0 Å². The van der Waals surface area contributed by atoms with E-state index in [4.69, 9.17) is 0 Å². The summed E-state index contributed by atoms with van der Waals surface area (Å²) in [6, 6.07) is 9.36. The SMILES string of the molecule is CC(C)NCc1ccc(N(C)C(C)c2cccs2)nc1. The number of nitrogens with zero attached hydrogens (tertiary/aromatic N) is 2. The highest BCUT2D eigenvalue weighted by atomic mass is 32.1. The molecule has 1 atom stereocenters. The second-order valence-electron chi connectivity index (χ2n) is 5.36. The zero-order valence-electron chi connectivity index (χ0n) is 12.6. The largest absolute Gasteiger partial charge is 0.352 e. The number of thiophene rings is 1. The molecule has 0 bridgehead atoms. The molecular weight excluding hydrogens is 266 g/mol. The lowest BCUT2D eigenvalue weighted by molar-refractivity contribution is 0.588. The summed E-state index contributed by atoms with van der Waals surface area (Å²) >= 11 is 1.79. The van der Waals surface area contributed by atoms with Crippen LogP contribution in [0.4, 0.5) is 5.82 Å². The number of nitrogens with one attached hydrogen (secondary N) is 1. The number of hydrogen-bond acceptors (Lipinski definition) is 4. The van der Waals surface area contributed by atoms with Gasteiger partial charge in [0, 0.05) is 30.7 Å². The molecule has 0 saturated carbocycles. The van der Waals surface area contributed by atoms with Gasteiger partial charge in [0.1, 0.15) is 5.82 Å². The van der Waals surface area contributed by atoms with E-state index in [1.165, 1.54) is 10.4 Å². The summed E-state index contributed by atoms with van der Waals surface area (Å²) in [6.45, 7) is 7.38. The first-order valence-corrected chi connectivity index (χ1v) is 7.90. The van der Waals surface area contributed by atoms with Crippen LogP contribution in [0.1, 0.15) is 37.3 Å². The quantitative estimate of drug-likeness (QED) is 0.876. The Hall–Kier alpha value is -1.39. The third-order valence-corrected chi connectivity index (χ3v) is 4.46. The molecule has 0 amide bonds. The Morgan fingerprint density at radius 3 is 2.60 bits per heavy atom. The number of rotatable bonds is 6. The van der Waals surface area contributed by atoms with Crippen LogP contribution in [0.25, 0.3) is 0 Å². The van der Waals surface area contributed by atoms with E-state index in [0.717, 1.165) is 12.4 Å². The van der Waals surface area contributed by atoms with Gasteiger partial charge in [-0.15, -0.1) is 11.3 Å². The normalized spacial score (nSPS) is 12.7. The first-order chi connectivity index (χ1) is 9.58. The summed E-state index contributed by atoms with van der Waals surface area (Å²) in [7, 11) is 2.10. The topological polar surface area (TPSA) is 28.2 Å². The molecule has 4 heteroatoms. The highest BCUT2D eigenvalue weighted by Crippen LogP contribution is 2.26. The fraction of sp³-hybridized carbons (Fsp3) is 0.438. The third kappa shape index (κ3) is 3.81. The lowest BCUT2D eigenvalue weighted by Gasteiger charge is -2.25. The Labute approximate surface area is 125 Å². The molecule has 0 spiro atoms. The van der Waals surface area contributed by atoms with E-state index in [-0.39, 0.29) is 0 Å². The summed E-state index contributed by atoms with van der Waals surface area (Å²) in [6.07, 6.45) is 1.96. The van der Waals surface area contributed by atoms with Crippen molar-refractivity contribution in [2.24, 2.45) is 0 Å². The third-order valence-electron chi connectivity index (χ3n) is 3.42. The van der Waals surface area contributed by atoms with Crippen LogP contribution in [0, 0.1) is 0 Å². The average molecular weight is 289 g/mol. The van der Waals surface area contributed by atoms with Crippen molar-refractivity contribution < 1.29 is 0 Å². The molecule has 0 radical (unpaired) electrons. The molecule has 3 nitrogen and oxygen atoms in total. The monoisotopic (exact) mass is 289 g/mol. The Morgan fingerprint density at radius 2 is 2.05 bits per heavy atom. The van der Waals surface area contributed by atoms with Crippen LogP contribution in [0.2, 0.25) is 0 Å². The maximum Gasteiger partial charge on any atom is 0.128 e. The molecule has 0 aliphatic carbocycles. The smallest absolute Gasteiger partial charge is 0.128 e. The Morgan fingerprint density at radius 1 is 1.25 bits per heavy atom. The fourth-order valence-corrected chi connectivity index (χ4v) is 2.80. The van der Waals surface area contributed by atoms with Crippen molar-refractivity contribution in [3.63, 3.8) is 0 Å². The van der Waals surface area contributed by atoms with Gasteiger partial charge in [0.15, 0.2) is 0 Å². The van der Waals surface area contributed by atoms with Gasteiger partial charge in [-0.25, -0.2) is 4.98 Å². The number of aromatic nitrogens is 1. The van der Waals surface area contributed by atoms with E-state index in [2.05, 4.69) is 72.7 Å². The van der Waals surface area contributed by atoms with E-state index < -0.39 is 0 Å². The predicted octanol–water partition coefficient (Wildman–Crippen LogP) is 3.84. The Balaban J connectivity index is 2.02. The van der Waals surface area contributed by atoms with Gasteiger partial charge in [-0.05, 0) is 30.0 Å². The van der Waals surface area contributed by atoms with Crippen LogP contribution in [0.15, 0.2) is 35.8 Å². The fourth-order valence-electron chi connectivity index (χ4n) is 1.97. The van der Waals surface area contributed by atoms with Crippen LogP contribution in [0.3, 0.4) is 0 Å². The number of pyridine rings is 1. The van der Waals surface area contributed by atoms with E-state index in [0.29, 0.717) is 12.1 Å². The van der Waals surface area contributed by atoms with Crippen molar-refractivity contribution in [3.8, 4) is 0 Å². The minimum absolute atomic E-state index is 0.349. The predicted molar refractivity (Wildman–Crippen MR) is 87.3 cm³/mol. The summed E-state index contributed by atoms with van der Waals surface area (Å²) in [4.78, 5) is 8.15. The lowest BCUT2D eigenvalue weighted by atomic mass is 10.2. The Kier molecular flexibility index (Phi) is 5.15. The maximum atomic E-state index is 4.58. The minimum atomic E-state index is 0.349. The number of anilines is 1. The van der Waals surface area contributed by atoms with Crippen molar-refractivity contribution in [2.75, 3.05) is 11.9 Å². The van der Waals surface area contributed by atoms with Crippen molar-refractivity contribution in [1.82, 2.24) is 10.3 Å². The van der Waals surface area contributed by atoms with E-state index in [1.807, 2.05) is 6.20 Å². The molecular formula is C16H23N3S. The van der Waals surface area contributed by atoms with Gasteiger partial charge in [0.05, 0.1) is 6.04 Å². The molecule has 2 rings (SSSR count). The summed E-state index contributed by atoms with van der Waals surface area (Å²) in [5.74, 6) is 1.01. The molecule has 1 N–H and O–H groups in total. The summed E-state index contributed by atoms with van der Waals surface area (Å²) in [5, 5.41) is 5.52. The van der Waals surface area contributed by atoms with Crippen LogP contribution < -0.4 is 10.2 Å². The highest BCUT2D eigenvalue weighted by molar-refractivity contribution is 7.10. The first kappa shape index (κ1) is 15.0. The van der Waals surface area contributed by atoms with E-state index >= 15 is 0 Å². The van der Waals surface area contributed by atoms with Gasteiger partial charge in [-0.3, -0.25) is 0 Å². The molecule has 1 unspecified atom stereocenters. The molecule has 108 valence electrons. The van der Waals surface area contributed by atoms with Gasteiger partial charge in [0.25, 0.3) is 0 Å². The highest BCUT2D eigenvalue weighted by Gasteiger charge is 2.14. The van der Waals surface area contributed by atoms with Crippen LogP contribution >= 0.6 is 11.3 Å². The van der Waals surface area contributed by atoms with Gasteiger partial charge in [-0.1, -0.05) is 26.0 Å². The van der Waals surface area contributed by atoms with Gasteiger partial charge in [0.2, 0.25) is 0 Å². The standard InChI is InChI=1S/C16H23N3S/c1-12(2)17-10-14-7-8-16(18-11-14)19(4)13(3)15-6-5-9-20-15/h5-9,11-13,17H,10H2,1-4H3. The molecule has 2 aromatic rings. The zero-order chi connectivity index (χ0) is 14.5. The van der Waals surface area contributed by atoms with E-state index in [1.54, 1.807) is 11.3 Å². The van der Waals surface area contributed by atoms with Gasteiger partial charge < -0.3 is 10.2 Å². The van der Waals surface area contributed by atoms with Crippen LogP contribution in [0.5, 0.6) is 0 Å². The number of hydrogen-bond donors (Lipinski definition) is 1. The summed E-state index contributed by atoms with van der Waals surface area (Å²) < 4.78 is 0. The molecule has 0 aliphatic heterocycles. The lowest BCUT2D eigenvalue weighted by Crippen LogP contribution is -2.23. The van der Waals surface area contributed by atoms with Crippen molar-refractivity contribution in [3.05, 3.63) is 46.3 Å².